The van der Waals surface area contributed by atoms with E-state index in [1.807, 2.05) is 24.3 Å². The first kappa shape index (κ1) is 28.6. The second-order valence-corrected chi connectivity index (χ2v) is 14.0. The number of fused-ring (bicyclic) bond motifs is 3. The molecule has 7 atom stereocenters. The number of aliphatic hydroxyl groups is 1. The van der Waals surface area contributed by atoms with Crippen molar-refractivity contribution >= 4 is 11.9 Å². The number of hydrogen-bond acceptors (Lipinski definition) is 6. The molecule has 1 aromatic rings. The van der Waals surface area contributed by atoms with Crippen LogP contribution in [0.2, 0.25) is 0 Å². The molecule has 4 aliphatic carbocycles. The molecule has 6 heteroatoms. The molecule has 6 aliphatic rings. The Bertz CT molecular complexity index is 1470. The molecule has 1 aromatic carbocycles. The summed E-state index contributed by atoms with van der Waals surface area (Å²) in [6, 6.07) is 6.02. The van der Waals surface area contributed by atoms with Gasteiger partial charge in [-0.05, 0) is 80.7 Å². The summed E-state index contributed by atoms with van der Waals surface area (Å²) in [5, 5.41) is 12.0. The lowest BCUT2D eigenvalue weighted by Gasteiger charge is -2.68. The Morgan fingerprint density at radius 3 is 2.86 bits per heavy atom. The van der Waals surface area contributed by atoms with E-state index in [1.54, 1.807) is 0 Å². The number of rotatable bonds is 9. The average Bonchev–Trinajstić information content (AvgIpc) is 3.67. The third-order valence-electron chi connectivity index (χ3n) is 12.2. The monoisotopic (exact) mass is 583 g/mol. The van der Waals surface area contributed by atoms with E-state index < -0.39 is 16.4 Å². The summed E-state index contributed by atoms with van der Waals surface area (Å²) in [6.07, 6.45) is 22.1. The van der Waals surface area contributed by atoms with E-state index in [-0.39, 0.29) is 29.0 Å². The van der Waals surface area contributed by atoms with Gasteiger partial charge in [0.1, 0.15) is 11.2 Å². The van der Waals surface area contributed by atoms with Crippen LogP contribution in [-0.2, 0) is 26.3 Å². The lowest BCUT2D eigenvalue weighted by atomic mass is 9.31. The van der Waals surface area contributed by atoms with Crippen molar-refractivity contribution in [2.75, 3.05) is 6.54 Å². The Hall–Kier alpha value is -3.12. The minimum Gasteiger partial charge on any atom is -0.509 e. The predicted molar refractivity (Wildman–Crippen MR) is 165 cm³/mol. The summed E-state index contributed by atoms with van der Waals surface area (Å²) in [4.78, 5) is 28.2. The summed E-state index contributed by atoms with van der Waals surface area (Å²) >= 11 is 0. The van der Waals surface area contributed by atoms with Crippen molar-refractivity contribution in [3.8, 4) is 0 Å². The van der Waals surface area contributed by atoms with Gasteiger partial charge in [0.25, 0.3) is 0 Å². The van der Waals surface area contributed by atoms with Crippen LogP contribution in [-0.4, -0.2) is 23.6 Å². The number of cyclic esters (lactones) is 1. The molecule has 1 spiro atoms. The van der Waals surface area contributed by atoms with E-state index in [0.717, 1.165) is 43.2 Å². The summed E-state index contributed by atoms with van der Waals surface area (Å²) in [5.74, 6) is 0.329. The third-order valence-corrected chi connectivity index (χ3v) is 12.2. The van der Waals surface area contributed by atoms with E-state index in [2.05, 4.69) is 44.2 Å². The van der Waals surface area contributed by atoms with Gasteiger partial charge in [-0.15, -0.1) is 0 Å². The highest BCUT2D eigenvalue weighted by atomic mass is 16.6. The zero-order chi connectivity index (χ0) is 30.0. The van der Waals surface area contributed by atoms with E-state index in [1.165, 1.54) is 6.42 Å². The largest absolute Gasteiger partial charge is 0.509 e. The molecule has 0 radical (unpaired) electrons. The van der Waals surface area contributed by atoms with Crippen molar-refractivity contribution in [2.24, 2.45) is 39.7 Å². The van der Waals surface area contributed by atoms with Crippen LogP contribution < -0.4 is 5.73 Å². The number of aliphatic hydroxyl groups excluding tert-OH is 1. The van der Waals surface area contributed by atoms with Crippen LogP contribution in [0, 0.1) is 34.0 Å². The molecule has 3 fully saturated rings. The molecular weight excluding hydrogens is 538 g/mol. The van der Waals surface area contributed by atoms with Crippen LogP contribution in [0.4, 0.5) is 0 Å². The lowest BCUT2D eigenvalue weighted by molar-refractivity contribution is -0.273. The van der Waals surface area contributed by atoms with Gasteiger partial charge >= 0.3 is 11.9 Å². The summed E-state index contributed by atoms with van der Waals surface area (Å²) in [5.41, 5.74) is 5.25. The fraction of sp³-hybridized carbons (Fsp3) is 0.568. The van der Waals surface area contributed by atoms with Crippen molar-refractivity contribution in [1.29, 1.82) is 0 Å². The first-order valence-electron chi connectivity index (χ1n) is 16.6. The number of allylic oxidation sites excluding steroid dienone is 6. The maximum atomic E-state index is 14.2. The average molecular weight is 584 g/mol. The normalized spacial score (nSPS) is 38.2. The molecule has 2 aliphatic heterocycles. The second kappa shape index (κ2) is 10.2. The Labute approximate surface area is 255 Å². The van der Waals surface area contributed by atoms with Gasteiger partial charge in [-0.25, -0.2) is 4.79 Å². The second-order valence-electron chi connectivity index (χ2n) is 14.0. The molecule has 7 rings (SSSR count). The van der Waals surface area contributed by atoms with Gasteiger partial charge in [0.05, 0.1) is 11.0 Å². The summed E-state index contributed by atoms with van der Waals surface area (Å²) in [6.45, 7) is 4.89. The number of benzene rings is 1. The Morgan fingerprint density at radius 2 is 2.05 bits per heavy atom. The quantitative estimate of drug-likeness (QED) is 0.179. The van der Waals surface area contributed by atoms with Gasteiger partial charge in [0, 0.05) is 17.9 Å². The van der Waals surface area contributed by atoms with Crippen LogP contribution in [0.1, 0.15) is 99.5 Å². The van der Waals surface area contributed by atoms with Crippen LogP contribution in [0.3, 0.4) is 0 Å². The molecule has 43 heavy (non-hydrogen) atoms. The molecule has 228 valence electrons. The molecule has 0 aromatic heterocycles. The fourth-order valence-corrected chi connectivity index (χ4v) is 10.1. The minimum absolute atomic E-state index is 0.0217. The molecule has 3 N–H and O–H groups in total. The highest BCUT2D eigenvalue weighted by molar-refractivity contribution is 5.99. The van der Waals surface area contributed by atoms with Crippen LogP contribution >= 0.6 is 0 Å². The van der Waals surface area contributed by atoms with E-state index in [9.17, 15) is 14.7 Å². The predicted octanol–water partition coefficient (Wildman–Crippen LogP) is 7.35. The van der Waals surface area contributed by atoms with E-state index >= 15 is 0 Å². The number of carbonyl (C=O) groups is 2. The number of nitrogens with two attached hydrogens (primary N) is 1. The number of esters is 2. The molecule has 7 unspecified atom stereocenters. The van der Waals surface area contributed by atoms with E-state index in [0.29, 0.717) is 61.8 Å². The Kier molecular flexibility index (Phi) is 6.81. The van der Waals surface area contributed by atoms with Crippen molar-refractivity contribution in [3.05, 3.63) is 82.9 Å². The van der Waals surface area contributed by atoms with Crippen LogP contribution in [0.15, 0.2) is 66.2 Å². The minimum atomic E-state index is -1.08. The fourth-order valence-electron chi connectivity index (χ4n) is 10.1. The standard InChI is InChI=1S/C37H45NO5/c1-3-24(2)23-29-35-19-6-7-20-36(35,37(29)27-15-8-11-25(12-10-22-38)30(27)32(40)43-37)31(42-33(35)41)28(39)16-21-34-17-5-4-13-26(34)14-9-18-34/h4-6,8,11,13,15,17,19,24,26,29,39H,3,7,9-10,12,14,16,18,20-23,38H2,1-2H3. The van der Waals surface area contributed by atoms with Gasteiger partial charge < -0.3 is 20.3 Å². The van der Waals surface area contributed by atoms with E-state index in [4.69, 9.17) is 15.2 Å². The van der Waals surface area contributed by atoms with Crippen LogP contribution in [0.25, 0.3) is 0 Å². The molecular formula is C37H45NO5. The number of carbonyl (C=O) groups excluding carboxylic acids is 2. The highest BCUT2D eigenvalue weighted by Crippen LogP contribution is 2.84. The third kappa shape index (κ3) is 3.56. The topological polar surface area (TPSA) is 98.9 Å². The molecule has 0 bridgehead atoms. The maximum Gasteiger partial charge on any atom is 0.339 e. The van der Waals surface area contributed by atoms with Crippen molar-refractivity contribution in [3.63, 3.8) is 0 Å². The zero-order valence-electron chi connectivity index (χ0n) is 25.6. The van der Waals surface area contributed by atoms with Crippen molar-refractivity contribution in [2.45, 2.75) is 90.1 Å². The van der Waals surface area contributed by atoms with Gasteiger partial charge in [-0.2, -0.15) is 0 Å². The molecule has 6 nitrogen and oxygen atoms in total. The first-order valence-corrected chi connectivity index (χ1v) is 16.6. The zero-order valence-corrected chi connectivity index (χ0v) is 25.6. The van der Waals surface area contributed by atoms with Gasteiger partial charge in [0.2, 0.25) is 0 Å². The summed E-state index contributed by atoms with van der Waals surface area (Å²) in [7, 11) is 0. The van der Waals surface area contributed by atoms with Gasteiger partial charge in [-0.1, -0.05) is 81.3 Å². The smallest absolute Gasteiger partial charge is 0.339 e. The highest BCUT2D eigenvalue weighted by Gasteiger charge is 2.91. The maximum absolute atomic E-state index is 14.2. The number of aryl methyl sites for hydroxylation is 1. The molecule has 2 saturated carbocycles. The van der Waals surface area contributed by atoms with Crippen molar-refractivity contribution < 1.29 is 24.2 Å². The molecule has 0 amide bonds. The lowest BCUT2D eigenvalue weighted by Crippen LogP contribution is -2.75. The summed E-state index contributed by atoms with van der Waals surface area (Å²) < 4.78 is 13.0. The molecule has 2 heterocycles. The number of hydrogen-bond donors (Lipinski definition) is 2. The Balaban J connectivity index is 1.38. The first-order chi connectivity index (χ1) is 20.8. The number of ether oxygens (including phenoxy) is 2. The van der Waals surface area contributed by atoms with Gasteiger partial charge in [-0.3, -0.25) is 4.79 Å². The molecule has 1 saturated heterocycles. The van der Waals surface area contributed by atoms with Gasteiger partial charge in [0.15, 0.2) is 11.4 Å². The Morgan fingerprint density at radius 1 is 1.19 bits per heavy atom. The van der Waals surface area contributed by atoms with Crippen molar-refractivity contribution in [1.82, 2.24) is 0 Å². The SMILES string of the molecule is CCC(C)CC1C23C=CCCC2(C(=C(O)CCC24C=CC=CC2CCC4)OC3=O)C12OC(=O)c1c(CCCN)cccc12. The van der Waals surface area contributed by atoms with Crippen LogP contribution in [0.5, 0.6) is 0 Å².